The van der Waals surface area contributed by atoms with Crippen LogP contribution in [-0.2, 0) is 13.6 Å². The maximum atomic E-state index is 9.87. The van der Waals surface area contributed by atoms with Crippen molar-refractivity contribution in [2.45, 2.75) is 6.54 Å². The average Bonchev–Trinajstić information content (AvgIpc) is 2.97. The van der Waals surface area contributed by atoms with Gasteiger partial charge in [0.2, 0.25) is 5.95 Å². The average molecular weight is 388 g/mol. The number of aromatic hydroxyl groups is 1. The molecule has 0 amide bonds. The smallest absolute Gasteiger partial charge is 0.203 e. The third-order valence-electron chi connectivity index (χ3n) is 3.82. The van der Waals surface area contributed by atoms with Gasteiger partial charge in [-0.05, 0) is 39.2 Å². The number of hydrogen-bond acceptors (Lipinski definition) is 4. The lowest BCUT2D eigenvalue weighted by atomic mass is 10.2. The molecule has 3 aromatic rings. The largest absolute Gasteiger partial charge is 0.503 e. The molecule has 0 saturated heterocycles. The van der Waals surface area contributed by atoms with Crippen molar-refractivity contribution < 1.29 is 9.84 Å². The molecule has 0 radical (unpaired) electrons. The van der Waals surface area contributed by atoms with E-state index >= 15 is 0 Å². The summed E-state index contributed by atoms with van der Waals surface area (Å²) < 4.78 is 7.79. The molecule has 0 aliphatic rings. The van der Waals surface area contributed by atoms with E-state index in [1.165, 1.54) is 7.11 Å². The maximum absolute atomic E-state index is 9.87. The van der Waals surface area contributed by atoms with Gasteiger partial charge in [0, 0.05) is 13.6 Å². The molecule has 6 heteroatoms. The van der Waals surface area contributed by atoms with Crippen molar-refractivity contribution in [1.82, 2.24) is 9.55 Å². The lowest BCUT2D eigenvalue weighted by Crippen LogP contribution is -2.06. The van der Waals surface area contributed by atoms with Crippen LogP contribution in [0.5, 0.6) is 11.5 Å². The van der Waals surface area contributed by atoms with E-state index in [2.05, 4.69) is 38.4 Å². The van der Waals surface area contributed by atoms with Gasteiger partial charge in [-0.2, -0.15) is 0 Å². The number of phenolic OH excluding ortho intramolecular Hbond substituents is 1. The molecule has 0 aliphatic heterocycles. The highest BCUT2D eigenvalue weighted by atomic mass is 79.9. The molecule has 3 rings (SSSR count). The zero-order valence-electron chi connectivity index (χ0n) is 13.5. The van der Waals surface area contributed by atoms with Gasteiger partial charge in [0.1, 0.15) is 0 Å². The van der Waals surface area contributed by atoms with Gasteiger partial charge in [0.15, 0.2) is 11.5 Å². The molecule has 2 aromatic carbocycles. The molecular formula is C18H18BrN3O2. The molecule has 1 heterocycles. The van der Waals surface area contributed by atoms with Crippen molar-refractivity contribution in [2.24, 2.45) is 7.05 Å². The molecule has 0 spiro atoms. The van der Waals surface area contributed by atoms with E-state index in [9.17, 15) is 5.11 Å². The monoisotopic (exact) mass is 387 g/mol. The van der Waals surface area contributed by atoms with Gasteiger partial charge < -0.3 is 19.7 Å². The van der Waals surface area contributed by atoms with Gasteiger partial charge in [0.05, 0.1) is 23.5 Å². The fourth-order valence-corrected chi connectivity index (χ4v) is 3.01. The van der Waals surface area contributed by atoms with Crippen LogP contribution in [-0.4, -0.2) is 21.8 Å². The number of ether oxygens (including phenoxy) is 1. The first-order valence-electron chi connectivity index (χ1n) is 7.46. The number of anilines is 1. The molecule has 0 fully saturated rings. The molecule has 0 unspecified atom stereocenters. The number of benzene rings is 2. The summed E-state index contributed by atoms with van der Waals surface area (Å²) in [5, 5.41) is 13.2. The number of rotatable bonds is 5. The second-order valence-electron chi connectivity index (χ2n) is 5.37. The van der Waals surface area contributed by atoms with Gasteiger partial charge in [0.25, 0.3) is 0 Å². The Morgan fingerprint density at radius 3 is 2.71 bits per heavy atom. The lowest BCUT2D eigenvalue weighted by Gasteiger charge is -2.11. The molecule has 0 bridgehead atoms. The van der Waals surface area contributed by atoms with Gasteiger partial charge in [-0.25, -0.2) is 4.98 Å². The molecule has 2 N–H and O–H groups in total. The molecule has 0 aliphatic carbocycles. The summed E-state index contributed by atoms with van der Waals surface area (Å²) in [6, 6.07) is 13.8. The lowest BCUT2D eigenvalue weighted by molar-refractivity contribution is 0.371. The van der Waals surface area contributed by atoms with Crippen molar-refractivity contribution >= 4 is 21.9 Å². The first kappa shape index (κ1) is 16.4. The normalized spacial score (nSPS) is 10.6. The van der Waals surface area contributed by atoms with Crippen LogP contribution in [0.2, 0.25) is 0 Å². The number of phenols is 1. The number of nitrogens with zero attached hydrogens (tertiary/aromatic N) is 2. The van der Waals surface area contributed by atoms with Gasteiger partial charge in [-0.1, -0.05) is 30.3 Å². The summed E-state index contributed by atoms with van der Waals surface area (Å²) in [5.41, 5.74) is 3.14. The Balaban J connectivity index is 1.79. The zero-order valence-corrected chi connectivity index (χ0v) is 15.0. The van der Waals surface area contributed by atoms with Crippen LogP contribution in [0.3, 0.4) is 0 Å². The van der Waals surface area contributed by atoms with Crippen LogP contribution in [0.1, 0.15) is 5.56 Å². The summed E-state index contributed by atoms with van der Waals surface area (Å²) in [6.45, 7) is 0.564. The Bertz CT molecular complexity index is 847. The topological polar surface area (TPSA) is 59.3 Å². The third-order valence-corrected chi connectivity index (χ3v) is 4.42. The van der Waals surface area contributed by atoms with Crippen LogP contribution in [0.25, 0.3) is 11.3 Å². The first-order chi connectivity index (χ1) is 11.6. The third kappa shape index (κ3) is 3.23. The van der Waals surface area contributed by atoms with E-state index in [-0.39, 0.29) is 5.75 Å². The van der Waals surface area contributed by atoms with E-state index < -0.39 is 0 Å². The van der Waals surface area contributed by atoms with E-state index in [0.29, 0.717) is 16.8 Å². The van der Waals surface area contributed by atoms with Crippen LogP contribution in [0.15, 0.2) is 53.1 Å². The Morgan fingerprint density at radius 2 is 2.00 bits per heavy atom. The number of imidazole rings is 1. The summed E-state index contributed by atoms with van der Waals surface area (Å²) in [7, 11) is 3.51. The maximum Gasteiger partial charge on any atom is 0.203 e. The predicted molar refractivity (Wildman–Crippen MR) is 98.3 cm³/mol. The highest BCUT2D eigenvalue weighted by Crippen LogP contribution is 2.35. The Kier molecular flexibility index (Phi) is 4.76. The minimum absolute atomic E-state index is 0.101. The predicted octanol–water partition coefficient (Wildman–Crippen LogP) is 4.18. The highest BCUT2D eigenvalue weighted by Gasteiger charge is 2.11. The number of methoxy groups -OCH3 is 1. The first-order valence-corrected chi connectivity index (χ1v) is 8.26. The quantitative estimate of drug-likeness (QED) is 0.689. The van der Waals surface area contributed by atoms with Gasteiger partial charge in [-0.3, -0.25) is 0 Å². The van der Waals surface area contributed by atoms with E-state index in [1.54, 1.807) is 6.07 Å². The van der Waals surface area contributed by atoms with Crippen LogP contribution in [0.4, 0.5) is 5.95 Å². The zero-order chi connectivity index (χ0) is 17.1. The summed E-state index contributed by atoms with van der Waals surface area (Å²) >= 11 is 3.33. The number of nitrogens with one attached hydrogen (secondary N) is 1. The number of aromatic nitrogens is 2. The highest BCUT2D eigenvalue weighted by molar-refractivity contribution is 9.10. The number of halogens is 1. The Morgan fingerprint density at radius 1 is 1.25 bits per heavy atom. The second kappa shape index (κ2) is 6.97. The Hall–Kier alpha value is -2.47. The second-order valence-corrected chi connectivity index (χ2v) is 6.23. The minimum atomic E-state index is 0.101. The van der Waals surface area contributed by atoms with Crippen molar-refractivity contribution in [1.29, 1.82) is 0 Å². The van der Waals surface area contributed by atoms with Crippen LogP contribution < -0.4 is 10.1 Å². The van der Waals surface area contributed by atoms with Crippen LogP contribution >= 0.6 is 15.9 Å². The molecular weight excluding hydrogens is 370 g/mol. The molecule has 5 nitrogen and oxygen atoms in total. The van der Waals surface area contributed by atoms with Crippen molar-refractivity contribution in [3.63, 3.8) is 0 Å². The minimum Gasteiger partial charge on any atom is -0.503 e. The SMILES string of the molecule is COc1cc(CNc2ncc(-c3ccccc3)n2C)cc(Br)c1O. The fourth-order valence-electron chi connectivity index (χ4n) is 2.52. The number of hydrogen-bond donors (Lipinski definition) is 2. The van der Waals surface area contributed by atoms with Crippen molar-refractivity contribution in [3.8, 4) is 22.8 Å². The molecule has 0 atom stereocenters. The van der Waals surface area contributed by atoms with E-state index in [1.807, 2.05) is 42.1 Å². The Labute approximate surface area is 149 Å². The van der Waals surface area contributed by atoms with Crippen molar-refractivity contribution in [3.05, 3.63) is 58.7 Å². The summed E-state index contributed by atoms with van der Waals surface area (Å²) in [6.07, 6.45) is 1.85. The molecule has 1 aromatic heterocycles. The van der Waals surface area contributed by atoms with E-state index in [4.69, 9.17) is 4.74 Å². The van der Waals surface area contributed by atoms with Gasteiger partial charge in [-0.15, -0.1) is 0 Å². The van der Waals surface area contributed by atoms with Crippen molar-refractivity contribution in [2.75, 3.05) is 12.4 Å². The van der Waals surface area contributed by atoms with Crippen LogP contribution in [0, 0.1) is 0 Å². The summed E-state index contributed by atoms with van der Waals surface area (Å²) in [4.78, 5) is 4.45. The standard InChI is InChI=1S/C18H18BrN3O2/c1-22-15(13-6-4-3-5-7-13)11-21-18(22)20-10-12-8-14(19)17(23)16(9-12)24-2/h3-9,11,23H,10H2,1-2H3,(H,20,21). The molecule has 24 heavy (non-hydrogen) atoms. The molecule has 0 saturated carbocycles. The fraction of sp³-hybridized carbons (Fsp3) is 0.167. The van der Waals surface area contributed by atoms with E-state index in [0.717, 1.165) is 22.8 Å². The molecule has 124 valence electrons. The summed E-state index contributed by atoms with van der Waals surface area (Å²) in [5.74, 6) is 1.31. The van der Waals surface area contributed by atoms with Gasteiger partial charge >= 0.3 is 0 Å².